The van der Waals surface area contributed by atoms with Crippen LogP contribution in [0.2, 0.25) is 0 Å². The first kappa shape index (κ1) is 15.9. The summed E-state index contributed by atoms with van der Waals surface area (Å²) in [5, 5.41) is 0. The van der Waals surface area contributed by atoms with E-state index in [1.165, 1.54) is 10.5 Å². The Morgan fingerprint density at radius 3 is 2.59 bits per heavy atom. The standard InChI is InChI=1S/C18H26N2OS/c1-3-19(4-2)14-9-11-20(12-10-14)18(21)16-13-22-17-8-6-5-7-15(16)17/h5-8,14,16H,3-4,9-13H2,1-2H3. The molecule has 2 aliphatic rings. The summed E-state index contributed by atoms with van der Waals surface area (Å²) >= 11 is 1.83. The van der Waals surface area contributed by atoms with Gasteiger partial charge in [0.1, 0.15) is 0 Å². The number of piperidine rings is 1. The summed E-state index contributed by atoms with van der Waals surface area (Å²) in [5.41, 5.74) is 1.24. The summed E-state index contributed by atoms with van der Waals surface area (Å²) in [6.45, 7) is 8.53. The summed E-state index contributed by atoms with van der Waals surface area (Å²) in [7, 11) is 0. The van der Waals surface area contributed by atoms with E-state index in [1.807, 2.05) is 11.8 Å². The van der Waals surface area contributed by atoms with Crippen LogP contribution in [0.25, 0.3) is 0 Å². The molecule has 0 spiro atoms. The molecule has 1 aromatic rings. The fraction of sp³-hybridized carbons (Fsp3) is 0.611. The molecule has 0 N–H and O–H groups in total. The second-order valence-electron chi connectivity index (χ2n) is 6.18. The Labute approximate surface area is 138 Å². The summed E-state index contributed by atoms with van der Waals surface area (Å²) in [4.78, 5) is 18.8. The molecule has 1 aromatic carbocycles. The minimum Gasteiger partial charge on any atom is -0.342 e. The Balaban J connectivity index is 1.61. The van der Waals surface area contributed by atoms with E-state index < -0.39 is 0 Å². The van der Waals surface area contributed by atoms with Crippen molar-refractivity contribution < 1.29 is 4.79 Å². The second kappa shape index (κ2) is 7.05. The molecule has 0 bridgehead atoms. The van der Waals surface area contributed by atoms with Gasteiger partial charge in [-0.1, -0.05) is 32.0 Å². The lowest BCUT2D eigenvalue weighted by Gasteiger charge is -2.38. The molecule has 1 unspecified atom stereocenters. The molecule has 0 aromatic heterocycles. The highest BCUT2D eigenvalue weighted by Crippen LogP contribution is 2.40. The van der Waals surface area contributed by atoms with Crippen LogP contribution in [0.15, 0.2) is 29.2 Å². The van der Waals surface area contributed by atoms with Gasteiger partial charge in [-0.15, -0.1) is 11.8 Å². The third-order valence-electron chi connectivity index (χ3n) is 5.10. The molecule has 22 heavy (non-hydrogen) atoms. The monoisotopic (exact) mass is 318 g/mol. The van der Waals surface area contributed by atoms with Crippen molar-refractivity contribution in [3.8, 4) is 0 Å². The number of amides is 1. The van der Waals surface area contributed by atoms with Crippen LogP contribution in [0.1, 0.15) is 38.2 Å². The van der Waals surface area contributed by atoms with Crippen molar-refractivity contribution in [2.45, 2.75) is 43.5 Å². The summed E-state index contributed by atoms with van der Waals surface area (Å²) in [6, 6.07) is 9.04. The minimum absolute atomic E-state index is 0.0752. The van der Waals surface area contributed by atoms with Gasteiger partial charge in [-0.3, -0.25) is 4.79 Å². The van der Waals surface area contributed by atoms with Crippen LogP contribution >= 0.6 is 11.8 Å². The number of thioether (sulfide) groups is 1. The lowest BCUT2D eigenvalue weighted by molar-refractivity contribution is -0.133. The highest BCUT2D eigenvalue weighted by Gasteiger charge is 2.34. The van der Waals surface area contributed by atoms with Gasteiger partial charge in [0.2, 0.25) is 5.91 Å². The molecule has 1 fully saturated rings. The predicted molar refractivity (Wildman–Crippen MR) is 92.4 cm³/mol. The molecule has 0 radical (unpaired) electrons. The van der Waals surface area contributed by atoms with E-state index in [9.17, 15) is 4.79 Å². The van der Waals surface area contributed by atoms with E-state index in [1.54, 1.807) is 0 Å². The van der Waals surface area contributed by atoms with Crippen molar-refractivity contribution >= 4 is 17.7 Å². The largest absolute Gasteiger partial charge is 0.342 e. The first-order valence-corrected chi connectivity index (χ1v) is 9.47. The van der Waals surface area contributed by atoms with Crippen molar-refractivity contribution in [2.24, 2.45) is 0 Å². The number of likely N-dealkylation sites (tertiary alicyclic amines) is 1. The summed E-state index contributed by atoms with van der Waals surface area (Å²) in [5.74, 6) is 1.33. The van der Waals surface area contributed by atoms with Crippen molar-refractivity contribution in [2.75, 3.05) is 31.9 Å². The maximum Gasteiger partial charge on any atom is 0.231 e. The first-order valence-electron chi connectivity index (χ1n) is 8.49. The van der Waals surface area contributed by atoms with E-state index in [4.69, 9.17) is 0 Å². The molecule has 120 valence electrons. The molecule has 2 heterocycles. The van der Waals surface area contributed by atoms with Crippen LogP contribution in [-0.2, 0) is 4.79 Å². The summed E-state index contributed by atoms with van der Waals surface area (Å²) in [6.07, 6.45) is 2.24. The fourth-order valence-electron chi connectivity index (χ4n) is 3.78. The van der Waals surface area contributed by atoms with Crippen LogP contribution in [0.5, 0.6) is 0 Å². The van der Waals surface area contributed by atoms with E-state index in [2.05, 4.69) is 47.9 Å². The zero-order valence-corrected chi connectivity index (χ0v) is 14.4. The number of rotatable bonds is 4. The van der Waals surface area contributed by atoms with Crippen molar-refractivity contribution in [1.29, 1.82) is 0 Å². The number of carbonyl (C=O) groups excluding carboxylic acids is 1. The SMILES string of the molecule is CCN(CC)C1CCN(C(=O)C2CSc3ccccc32)CC1. The maximum atomic E-state index is 12.9. The van der Waals surface area contributed by atoms with E-state index >= 15 is 0 Å². The highest BCUT2D eigenvalue weighted by atomic mass is 32.2. The number of nitrogens with zero attached hydrogens (tertiary/aromatic N) is 2. The Morgan fingerprint density at radius 1 is 1.23 bits per heavy atom. The second-order valence-corrected chi connectivity index (χ2v) is 7.24. The number of hydrogen-bond acceptors (Lipinski definition) is 3. The predicted octanol–water partition coefficient (Wildman–Crippen LogP) is 3.21. The highest BCUT2D eigenvalue weighted by molar-refractivity contribution is 7.99. The van der Waals surface area contributed by atoms with Crippen molar-refractivity contribution in [3.05, 3.63) is 29.8 Å². The molecule has 3 rings (SSSR count). The average Bonchev–Trinajstić information content (AvgIpc) is 3.00. The van der Waals surface area contributed by atoms with Crippen LogP contribution in [-0.4, -0.2) is 53.7 Å². The quantitative estimate of drug-likeness (QED) is 0.852. The maximum absolute atomic E-state index is 12.9. The molecule has 4 heteroatoms. The Bertz CT molecular complexity index is 522. The normalized spacial score (nSPS) is 22.1. The molecular formula is C18H26N2OS. The van der Waals surface area contributed by atoms with E-state index in [0.29, 0.717) is 11.9 Å². The van der Waals surface area contributed by atoms with Gasteiger partial charge < -0.3 is 9.80 Å². The van der Waals surface area contributed by atoms with Gasteiger partial charge in [-0.2, -0.15) is 0 Å². The molecule has 0 saturated carbocycles. The first-order chi connectivity index (χ1) is 10.7. The third-order valence-corrected chi connectivity index (χ3v) is 6.29. The zero-order chi connectivity index (χ0) is 15.5. The van der Waals surface area contributed by atoms with Gasteiger partial charge in [-0.25, -0.2) is 0 Å². The number of fused-ring (bicyclic) bond motifs is 1. The Morgan fingerprint density at radius 2 is 1.91 bits per heavy atom. The number of benzene rings is 1. The van der Waals surface area contributed by atoms with Crippen LogP contribution in [0.3, 0.4) is 0 Å². The smallest absolute Gasteiger partial charge is 0.231 e. The molecule has 1 amide bonds. The van der Waals surface area contributed by atoms with Crippen LogP contribution in [0, 0.1) is 0 Å². The molecular weight excluding hydrogens is 292 g/mol. The Kier molecular flexibility index (Phi) is 5.09. The van der Waals surface area contributed by atoms with Gasteiger partial charge >= 0.3 is 0 Å². The number of carbonyl (C=O) groups is 1. The molecule has 0 aliphatic carbocycles. The van der Waals surface area contributed by atoms with Gasteiger partial charge in [-0.05, 0) is 37.6 Å². The molecule has 1 saturated heterocycles. The zero-order valence-electron chi connectivity index (χ0n) is 13.6. The van der Waals surface area contributed by atoms with Crippen LogP contribution < -0.4 is 0 Å². The third kappa shape index (κ3) is 3.04. The number of hydrogen-bond donors (Lipinski definition) is 0. The van der Waals surface area contributed by atoms with Gasteiger partial charge in [0.15, 0.2) is 0 Å². The Hall–Kier alpha value is -1.00. The van der Waals surface area contributed by atoms with E-state index in [-0.39, 0.29) is 5.92 Å². The minimum atomic E-state index is 0.0752. The topological polar surface area (TPSA) is 23.6 Å². The van der Waals surface area contributed by atoms with Crippen molar-refractivity contribution in [3.63, 3.8) is 0 Å². The average molecular weight is 318 g/mol. The molecule has 1 atom stereocenters. The van der Waals surface area contributed by atoms with Gasteiger partial charge in [0.05, 0.1) is 5.92 Å². The molecule has 3 nitrogen and oxygen atoms in total. The molecule has 2 aliphatic heterocycles. The van der Waals surface area contributed by atoms with Crippen molar-refractivity contribution in [1.82, 2.24) is 9.80 Å². The fourth-order valence-corrected chi connectivity index (χ4v) is 5.00. The lowest BCUT2D eigenvalue weighted by atomic mass is 9.97. The summed E-state index contributed by atoms with van der Waals surface area (Å²) < 4.78 is 0. The van der Waals surface area contributed by atoms with Gasteiger partial charge in [0, 0.05) is 29.8 Å². The lowest BCUT2D eigenvalue weighted by Crippen LogP contribution is -2.47. The van der Waals surface area contributed by atoms with E-state index in [0.717, 1.165) is 44.8 Å². The van der Waals surface area contributed by atoms with Gasteiger partial charge in [0.25, 0.3) is 0 Å². The van der Waals surface area contributed by atoms with Crippen LogP contribution in [0.4, 0.5) is 0 Å².